The van der Waals surface area contributed by atoms with Crippen molar-refractivity contribution in [3.05, 3.63) is 82.8 Å². The van der Waals surface area contributed by atoms with Crippen LogP contribution in [-0.4, -0.2) is 19.2 Å². The van der Waals surface area contributed by atoms with Crippen molar-refractivity contribution in [2.45, 2.75) is 0 Å². The number of nitrogens with zero attached hydrogens (tertiary/aromatic N) is 2. The Hall–Kier alpha value is -3.91. The van der Waals surface area contributed by atoms with Gasteiger partial charge in [-0.05, 0) is 60.7 Å². The molecule has 0 amide bonds. The monoisotopic (exact) mass is 431 g/mol. The van der Waals surface area contributed by atoms with E-state index in [-0.39, 0.29) is 4.67 Å². The first-order valence-electron chi connectivity index (χ1n) is 9.50. The highest BCUT2D eigenvalue weighted by Gasteiger charge is 2.05. The summed E-state index contributed by atoms with van der Waals surface area (Å²) < 4.78 is 11.6. The molecule has 0 aliphatic rings. The van der Waals surface area contributed by atoms with E-state index in [9.17, 15) is 0 Å². The van der Waals surface area contributed by atoms with Gasteiger partial charge in [0.15, 0.2) is 11.2 Å². The number of aromatic nitrogens is 1. The molecule has 156 valence electrons. The third-order valence-corrected chi connectivity index (χ3v) is 5.45. The fraction of sp³-hybridized carbons (Fsp3) is 0.0870. The van der Waals surface area contributed by atoms with Gasteiger partial charge in [0.1, 0.15) is 16.2 Å². The number of rotatable bonds is 6. The van der Waals surface area contributed by atoms with Crippen LogP contribution in [0.5, 0.6) is 11.5 Å². The number of hydrogen-bond donors (Lipinski definition) is 3. The number of methoxy groups -OCH3 is 2. The molecule has 1 heterocycles. The summed E-state index contributed by atoms with van der Waals surface area (Å²) in [5.74, 6) is 2.00. The molecule has 3 aromatic carbocycles. The molecule has 1 aromatic heterocycles. The van der Waals surface area contributed by atoms with Crippen molar-refractivity contribution in [1.82, 2.24) is 4.98 Å². The lowest BCUT2D eigenvalue weighted by Gasteiger charge is -2.06. The van der Waals surface area contributed by atoms with Crippen LogP contribution in [0.25, 0.3) is 10.2 Å². The lowest BCUT2D eigenvalue weighted by Crippen LogP contribution is -2.25. The summed E-state index contributed by atoms with van der Waals surface area (Å²) in [5, 5.41) is 16.9. The van der Waals surface area contributed by atoms with Crippen molar-refractivity contribution in [3.8, 4) is 11.5 Å². The Morgan fingerprint density at radius 2 is 1.45 bits per heavy atom. The minimum atomic E-state index is 0.283. The van der Waals surface area contributed by atoms with Gasteiger partial charge in [-0.3, -0.25) is 10.8 Å². The Bertz CT molecular complexity index is 1320. The quantitative estimate of drug-likeness (QED) is 0.392. The van der Waals surface area contributed by atoms with Gasteiger partial charge in [0.05, 0.1) is 30.1 Å². The van der Waals surface area contributed by atoms with Gasteiger partial charge in [0.2, 0.25) is 0 Å². The summed E-state index contributed by atoms with van der Waals surface area (Å²) in [4.78, 5) is 4.77. The van der Waals surface area contributed by atoms with E-state index >= 15 is 0 Å². The van der Waals surface area contributed by atoms with Crippen molar-refractivity contribution in [2.24, 2.45) is 5.10 Å². The molecule has 0 aliphatic heterocycles. The fourth-order valence-electron chi connectivity index (χ4n) is 2.86. The molecule has 0 unspecified atom stereocenters. The number of nitrogens with one attached hydrogen (secondary N) is 3. The van der Waals surface area contributed by atoms with E-state index in [2.05, 4.69) is 15.8 Å². The molecular weight excluding hydrogens is 410 g/mol. The topological polar surface area (TPSA) is 91.6 Å². The van der Waals surface area contributed by atoms with Gasteiger partial charge in [-0.1, -0.05) is 12.1 Å². The average molecular weight is 432 g/mol. The molecule has 0 bridgehead atoms. The van der Waals surface area contributed by atoms with E-state index in [1.54, 1.807) is 14.2 Å². The first kappa shape index (κ1) is 20.4. The number of para-hydroxylation sites is 1. The van der Waals surface area contributed by atoms with Crippen LogP contribution in [0.2, 0.25) is 0 Å². The van der Waals surface area contributed by atoms with E-state index in [4.69, 9.17) is 19.9 Å². The van der Waals surface area contributed by atoms with Gasteiger partial charge in [-0.2, -0.15) is 5.10 Å². The van der Waals surface area contributed by atoms with Crippen LogP contribution in [0.15, 0.2) is 77.9 Å². The molecule has 0 radical (unpaired) electrons. The molecule has 0 saturated carbocycles. The summed E-state index contributed by atoms with van der Waals surface area (Å²) in [6.07, 6.45) is 0. The van der Waals surface area contributed by atoms with Crippen LogP contribution in [0, 0.1) is 5.41 Å². The van der Waals surface area contributed by atoms with Crippen LogP contribution in [0.1, 0.15) is 0 Å². The van der Waals surface area contributed by atoms with E-state index in [0.29, 0.717) is 11.2 Å². The van der Waals surface area contributed by atoms with Gasteiger partial charge in [0.25, 0.3) is 0 Å². The number of hydrogen-bond acceptors (Lipinski definition) is 8. The molecule has 0 spiro atoms. The molecule has 0 saturated heterocycles. The van der Waals surface area contributed by atoms with Crippen molar-refractivity contribution in [2.75, 3.05) is 25.0 Å². The maximum absolute atomic E-state index is 8.64. The molecule has 0 fully saturated rings. The van der Waals surface area contributed by atoms with E-state index in [1.807, 2.05) is 72.8 Å². The summed E-state index contributed by atoms with van der Waals surface area (Å²) in [5.41, 5.74) is 5.39. The zero-order valence-corrected chi connectivity index (χ0v) is 17.9. The van der Waals surface area contributed by atoms with E-state index in [0.717, 1.165) is 33.1 Å². The highest BCUT2D eigenvalue weighted by molar-refractivity contribution is 7.15. The third kappa shape index (κ3) is 4.81. The second kappa shape index (κ2) is 9.27. The summed E-state index contributed by atoms with van der Waals surface area (Å²) >= 11 is 1.32. The number of anilines is 3. The Balaban J connectivity index is 1.81. The highest BCUT2D eigenvalue weighted by atomic mass is 32.1. The average Bonchev–Trinajstić information content (AvgIpc) is 2.94. The van der Waals surface area contributed by atoms with Crippen LogP contribution < -0.4 is 30.2 Å². The Kier molecular flexibility index (Phi) is 6.09. The SMILES string of the molecule is COc1ccc(N/N=c2/c(Nc3ccc(OC)cc3)nc3ccccc3sc2=N)cc1. The van der Waals surface area contributed by atoms with Gasteiger partial charge >= 0.3 is 0 Å². The molecule has 4 rings (SSSR count). The second-order valence-corrected chi connectivity index (χ2v) is 7.57. The molecular formula is C23H21N5O2S. The smallest absolute Gasteiger partial charge is 0.162 e. The third-order valence-electron chi connectivity index (χ3n) is 4.49. The summed E-state index contributed by atoms with van der Waals surface area (Å²) in [6, 6.07) is 22.6. The summed E-state index contributed by atoms with van der Waals surface area (Å²) in [6.45, 7) is 0. The van der Waals surface area contributed by atoms with E-state index in [1.165, 1.54) is 11.3 Å². The predicted octanol–water partition coefficient (Wildman–Crippen LogP) is 4.46. The molecule has 8 heteroatoms. The van der Waals surface area contributed by atoms with Gasteiger partial charge < -0.3 is 14.8 Å². The summed E-state index contributed by atoms with van der Waals surface area (Å²) in [7, 11) is 3.25. The first-order valence-corrected chi connectivity index (χ1v) is 10.3. The van der Waals surface area contributed by atoms with Gasteiger partial charge in [0, 0.05) is 5.69 Å². The largest absolute Gasteiger partial charge is 0.497 e. The highest BCUT2D eigenvalue weighted by Crippen LogP contribution is 2.19. The standard InChI is InChI=1S/C23H21N5O2S/c1-29-17-11-7-15(8-12-17)25-23-21(28-27-16-9-13-18(30-2)14-10-16)22(24)31-20-6-4-3-5-19(20)26-23/h3-14,24,27H,1-2H3,(H,25,26)/b24-22?,28-21+. The van der Waals surface area contributed by atoms with E-state index < -0.39 is 0 Å². The molecule has 31 heavy (non-hydrogen) atoms. The number of benzene rings is 3. The van der Waals surface area contributed by atoms with Crippen LogP contribution in [0.4, 0.5) is 17.2 Å². The number of ether oxygens (including phenoxy) is 2. The van der Waals surface area contributed by atoms with Gasteiger partial charge in [-0.25, -0.2) is 4.98 Å². The minimum Gasteiger partial charge on any atom is -0.497 e. The Morgan fingerprint density at radius 1 is 0.839 bits per heavy atom. The molecule has 7 nitrogen and oxygen atoms in total. The Labute approximate surface area is 183 Å². The molecule has 3 N–H and O–H groups in total. The van der Waals surface area contributed by atoms with Crippen LogP contribution in [-0.2, 0) is 0 Å². The predicted molar refractivity (Wildman–Crippen MR) is 124 cm³/mol. The molecule has 0 aliphatic carbocycles. The number of fused-ring (bicyclic) bond motifs is 1. The van der Waals surface area contributed by atoms with Crippen molar-refractivity contribution in [3.63, 3.8) is 0 Å². The van der Waals surface area contributed by atoms with Gasteiger partial charge in [-0.15, -0.1) is 11.3 Å². The van der Waals surface area contributed by atoms with Crippen LogP contribution in [0.3, 0.4) is 0 Å². The minimum absolute atomic E-state index is 0.283. The Morgan fingerprint density at radius 3 is 2.10 bits per heavy atom. The molecule has 0 atom stereocenters. The van der Waals surface area contributed by atoms with Crippen LogP contribution >= 0.6 is 11.3 Å². The lowest BCUT2D eigenvalue weighted by molar-refractivity contribution is 0.415. The zero-order valence-electron chi connectivity index (χ0n) is 17.0. The van der Waals surface area contributed by atoms with Crippen molar-refractivity contribution < 1.29 is 9.47 Å². The maximum atomic E-state index is 8.64. The first-order chi connectivity index (χ1) is 15.2. The van der Waals surface area contributed by atoms with Crippen molar-refractivity contribution >= 4 is 38.7 Å². The second-order valence-electron chi connectivity index (χ2n) is 6.51. The lowest BCUT2D eigenvalue weighted by atomic mass is 10.3. The maximum Gasteiger partial charge on any atom is 0.162 e. The normalized spacial score (nSPS) is 11.2. The van der Waals surface area contributed by atoms with Crippen molar-refractivity contribution in [1.29, 1.82) is 5.41 Å². The fourth-order valence-corrected chi connectivity index (χ4v) is 3.69. The molecule has 4 aromatic rings. The zero-order chi connectivity index (χ0) is 21.6.